The summed E-state index contributed by atoms with van der Waals surface area (Å²) in [5.41, 5.74) is 14.4. The van der Waals surface area contributed by atoms with Crippen LogP contribution in [0.5, 0.6) is 0 Å². The third-order valence-electron chi connectivity index (χ3n) is 11.4. The molecule has 0 aliphatic heterocycles. The zero-order chi connectivity index (χ0) is 36.9. The van der Waals surface area contributed by atoms with Gasteiger partial charge in [-0.2, -0.15) is 0 Å². The minimum Gasteiger partial charge on any atom is -0.310 e. The zero-order valence-electron chi connectivity index (χ0n) is 31.0. The van der Waals surface area contributed by atoms with E-state index in [2.05, 4.69) is 230 Å². The number of fused-ring (bicyclic) bond motifs is 5. The predicted molar refractivity (Wildman–Crippen MR) is 234 cm³/mol. The van der Waals surface area contributed by atoms with E-state index in [9.17, 15) is 0 Å². The minimum absolute atomic E-state index is 0.178. The van der Waals surface area contributed by atoms with Gasteiger partial charge in [-0.3, -0.25) is 0 Å². The Kier molecular flexibility index (Phi) is 7.85. The van der Waals surface area contributed by atoms with Crippen LogP contribution in [-0.4, -0.2) is 0 Å². The molecule has 9 aromatic rings. The lowest BCUT2D eigenvalue weighted by Gasteiger charge is -2.28. The maximum absolute atomic E-state index is 2.42. The molecule has 1 aliphatic carbocycles. The molecule has 10 rings (SSSR count). The highest BCUT2D eigenvalue weighted by Crippen LogP contribution is 2.52. The molecular weight excluding hydrogens is 665 g/mol. The van der Waals surface area contributed by atoms with Crippen LogP contribution in [0.25, 0.3) is 43.8 Å². The van der Waals surface area contributed by atoms with Gasteiger partial charge < -0.3 is 9.80 Å². The second-order valence-electron chi connectivity index (χ2n) is 15.1. The largest absolute Gasteiger partial charge is 0.310 e. The van der Waals surface area contributed by atoms with Crippen LogP contribution >= 0.6 is 0 Å². The van der Waals surface area contributed by atoms with E-state index in [1.165, 1.54) is 54.9 Å². The normalized spacial score (nSPS) is 12.7. The SMILES string of the molecule is CC1(C)c2cc(-c3ccc(N(c4ccccc4)c4ccc5ccccc5c4)cc3)ccc2-c2ccc(N(c3ccccc3)c3ccc4ccccc4c3)cc21. The monoisotopic (exact) mass is 704 g/mol. The molecule has 0 unspecified atom stereocenters. The van der Waals surface area contributed by atoms with Crippen molar-refractivity contribution in [2.45, 2.75) is 19.3 Å². The fraction of sp³-hybridized carbons (Fsp3) is 0.0566. The van der Waals surface area contributed by atoms with Gasteiger partial charge in [0.25, 0.3) is 0 Å². The van der Waals surface area contributed by atoms with Crippen LogP contribution in [0.4, 0.5) is 34.1 Å². The van der Waals surface area contributed by atoms with Crippen molar-refractivity contribution in [3.8, 4) is 22.3 Å². The lowest BCUT2D eigenvalue weighted by Crippen LogP contribution is -2.16. The number of para-hydroxylation sites is 2. The van der Waals surface area contributed by atoms with Gasteiger partial charge >= 0.3 is 0 Å². The van der Waals surface area contributed by atoms with Gasteiger partial charge in [-0.15, -0.1) is 0 Å². The molecule has 0 fully saturated rings. The number of nitrogens with zero attached hydrogens (tertiary/aromatic N) is 2. The third kappa shape index (κ3) is 5.75. The van der Waals surface area contributed by atoms with E-state index in [1.807, 2.05) is 0 Å². The smallest absolute Gasteiger partial charge is 0.0468 e. The molecule has 0 atom stereocenters. The second-order valence-corrected chi connectivity index (χ2v) is 15.1. The van der Waals surface area contributed by atoms with E-state index in [4.69, 9.17) is 0 Å². The van der Waals surface area contributed by atoms with Crippen LogP contribution in [0.1, 0.15) is 25.0 Å². The van der Waals surface area contributed by atoms with Crippen molar-refractivity contribution in [2.75, 3.05) is 9.80 Å². The Labute approximate surface area is 323 Å². The first kappa shape index (κ1) is 32.7. The summed E-state index contributed by atoms with van der Waals surface area (Å²) in [6.45, 7) is 4.75. The topological polar surface area (TPSA) is 6.48 Å². The molecule has 0 amide bonds. The Morgan fingerprint density at radius 3 is 1.24 bits per heavy atom. The molecule has 2 heteroatoms. The molecule has 1 aliphatic rings. The molecule has 0 radical (unpaired) electrons. The highest BCUT2D eigenvalue weighted by Gasteiger charge is 2.36. The molecule has 0 saturated heterocycles. The van der Waals surface area contributed by atoms with Crippen LogP contribution in [0.2, 0.25) is 0 Å². The summed E-state index contributed by atoms with van der Waals surface area (Å²) in [5.74, 6) is 0. The third-order valence-corrected chi connectivity index (χ3v) is 11.4. The lowest BCUT2D eigenvalue weighted by molar-refractivity contribution is 0.660. The molecule has 0 heterocycles. The standard InChI is InChI=1S/C53H40N2/c1-53(2)51-35-42(39-21-26-45(27-22-39)54(43-17-5-3-6-18-43)46-28-23-37-13-9-11-15-40(37)33-46)25-31-49(51)50-32-30-48(36-52(50)53)55(44-19-7-4-8-20-44)47-29-24-38-14-10-12-16-41(38)34-47/h3-36H,1-2H3. The summed E-state index contributed by atoms with van der Waals surface area (Å²) in [7, 11) is 0. The Morgan fingerprint density at radius 2 is 0.673 bits per heavy atom. The number of benzene rings is 9. The predicted octanol–water partition coefficient (Wildman–Crippen LogP) is 14.9. The van der Waals surface area contributed by atoms with Gasteiger partial charge in [-0.25, -0.2) is 0 Å². The van der Waals surface area contributed by atoms with Crippen molar-refractivity contribution < 1.29 is 0 Å². The van der Waals surface area contributed by atoms with E-state index in [1.54, 1.807) is 0 Å². The number of hydrogen-bond acceptors (Lipinski definition) is 2. The molecule has 0 saturated carbocycles. The van der Waals surface area contributed by atoms with Gasteiger partial charge in [0.05, 0.1) is 0 Å². The van der Waals surface area contributed by atoms with E-state index in [0.29, 0.717) is 0 Å². The Hall–Kier alpha value is -6.90. The number of rotatable bonds is 7. The summed E-state index contributed by atoms with van der Waals surface area (Å²) in [6.07, 6.45) is 0. The van der Waals surface area contributed by atoms with Crippen molar-refractivity contribution in [2.24, 2.45) is 0 Å². The molecule has 262 valence electrons. The molecule has 2 nitrogen and oxygen atoms in total. The van der Waals surface area contributed by atoms with Gasteiger partial charge in [0.2, 0.25) is 0 Å². The quantitative estimate of drug-likeness (QED) is 0.163. The average molecular weight is 705 g/mol. The summed E-state index contributed by atoms with van der Waals surface area (Å²) in [4.78, 5) is 4.72. The fourth-order valence-corrected chi connectivity index (χ4v) is 8.53. The van der Waals surface area contributed by atoms with Crippen LogP contribution in [-0.2, 0) is 5.41 Å². The highest BCUT2D eigenvalue weighted by molar-refractivity contribution is 5.92. The van der Waals surface area contributed by atoms with Gasteiger partial charge in [0, 0.05) is 39.5 Å². The van der Waals surface area contributed by atoms with E-state index < -0.39 is 0 Å². The fourth-order valence-electron chi connectivity index (χ4n) is 8.53. The van der Waals surface area contributed by atoms with E-state index in [-0.39, 0.29) is 5.41 Å². The summed E-state index contributed by atoms with van der Waals surface area (Å²) >= 11 is 0. The first-order chi connectivity index (χ1) is 27.0. The minimum atomic E-state index is -0.178. The van der Waals surface area contributed by atoms with Crippen LogP contribution < -0.4 is 9.80 Å². The average Bonchev–Trinajstić information content (AvgIpc) is 3.46. The van der Waals surface area contributed by atoms with Crippen molar-refractivity contribution in [3.05, 3.63) is 217 Å². The van der Waals surface area contributed by atoms with E-state index in [0.717, 1.165) is 34.1 Å². The number of anilines is 6. The van der Waals surface area contributed by atoms with Crippen LogP contribution in [0, 0.1) is 0 Å². The van der Waals surface area contributed by atoms with Crippen LogP contribution in [0.3, 0.4) is 0 Å². The summed E-state index contributed by atoms with van der Waals surface area (Å²) < 4.78 is 0. The van der Waals surface area contributed by atoms with Gasteiger partial charge in [-0.1, -0.05) is 141 Å². The maximum Gasteiger partial charge on any atom is 0.0468 e. The lowest BCUT2D eigenvalue weighted by atomic mass is 9.81. The molecule has 0 aromatic heterocycles. The summed E-state index contributed by atoms with van der Waals surface area (Å²) in [6, 6.07) is 75.1. The van der Waals surface area contributed by atoms with Crippen molar-refractivity contribution in [1.29, 1.82) is 0 Å². The van der Waals surface area contributed by atoms with Crippen LogP contribution in [0.15, 0.2) is 206 Å². The number of hydrogen-bond donors (Lipinski definition) is 0. The Balaban J connectivity index is 1.00. The zero-order valence-corrected chi connectivity index (χ0v) is 31.0. The maximum atomic E-state index is 2.42. The molecule has 0 N–H and O–H groups in total. The second kappa shape index (κ2) is 13.2. The van der Waals surface area contributed by atoms with Gasteiger partial charge in [0.1, 0.15) is 0 Å². The molecule has 55 heavy (non-hydrogen) atoms. The Bertz CT molecular complexity index is 2840. The first-order valence-corrected chi connectivity index (χ1v) is 19.1. The highest BCUT2D eigenvalue weighted by atomic mass is 15.1. The van der Waals surface area contributed by atoms with Crippen molar-refractivity contribution in [3.63, 3.8) is 0 Å². The van der Waals surface area contributed by atoms with Crippen molar-refractivity contribution >= 4 is 55.7 Å². The van der Waals surface area contributed by atoms with Gasteiger partial charge in [0.15, 0.2) is 0 Å². The van der Waals surface area contributed by atoms with E-state index >= 15 is 0 Å². The first-order valence-electron chi connectivity index (χ1n) is 19.1. The molecule has 0 spiro atoms. The summed E-state index contributed by atoms with van der Waals surface area (Å²) in [5, 5.41) is 4.95. The Morgan fingerprint density at radius 1 is 0.291 bits per heavy atom. The molecular formula is C53H40N2. The molecule has 0 bridgehead atoms. The molecule has 9 aromatic carbocycles. The van der Waals surface area contributed by atoms with Crippen molar-refractivity contribution in [1.82, 2.24) is 0 Å². The van der Waals surface area contributed by atoms with Gasteiger partial charge in [-0.05, 0) is 134 Å².